The highest BCUT2D eigenvalue weighted by Gasteiger charge is 1.96. The van der Waals surface area contributed by atoms with Crippen LogP contribution in [0.15, 0.2) is 10.9 Å². The Morgan fingerprint density at radius 1 is 1.43 bits per heavy atom. The molecule has 0 saturated heterocycles. The van der Waals surface area contributed by atoms with Gasteiger partial charge in [0.1, 0.15) is 0 Å². The predicted molar refractivity (Wildman–Crippen MR) is 54.0 cm³/mol. The summed E-state index contributed by atoms with van der Waals surface area (Å²) in [6.45, 7) is 3.07. The van der Waals surface area contributed by atoms with E-state index < -0.39 is 0 Å². The molecular formula is C9H18N4O. The van der Waals surface area contributed by atoms with Crippen molar-refractivity contribution in [3.8, 4) is 0 Å². The first-order valence-electron chi connectivity index (χ1n) is 4.90. The van der Waals surface area contributed by atoms with E-state index in [1.807, 2.05) is 0 Å². The van der Waals surface area contributed by atoms with Gasteiger partial charge in [0.05, 0.1) is 0 Å². The minimum Gasteiger partial charge on any atom is -0.343 e. The largest absolute Gasteiger partial charge is 0.343 e. The average molecular weight is 198 g/mol. The lowest BCUT2D eigenvalue weighted by atomic mass is 10.3. The molecule has 80 valence electrons. The summed E-state index contributed by atoms with van der Waals surface area (Å²) in [4.78, 5) is 6.12. The molecule has 5 nitrogen and oxygen atoms in total. The molecule has 14 heavy (non-hydrogen) atoms. The molecule has 1 aromatic heterocycles. The molecule has 0 aliphatic carbocycles. The Balaban J connectivity index is 1.90. The zero-order valence-electron chi connectivity index (χ0n) is 8.86. The lowest BCUT2D eigenvalue weighted by Crippen LogP contribution is -2.23. The number of hydrogen-bond donors (Lipinski definition) is 1. The fraction of sp³-hybridized carbons (Fsp3) is 0.778. The van der Waals surface area contributed by atoms with Gasteiger partial charge in [-0.2, -0.15) is 4.98 Å². The Labute approximate surface area is 84.5 Å². The molecule has 1 rings (SSSR count). The van der Waals surface area contributed by atoms with Crippen molar-refractivity contribution in [3.05, 3.63) is 12.2 Å². The Morgan fingerprint density at radius 3 is 2.93 bits per heavy atom. The third kappa shape index (κ3) is 4.94. The molecule has 0 unspecified atom stereocenters. The fourth-order valence-electron chi connectivity index (χ4n) is 1.15. The number of hydrogen-bond acceptors (Lipinski definition) is 5. The molecule has 0 amide bonds. The van der Waals surface area contributed by atoms with E-state index in [4.69, 9.17) is 0 Å². The van der Waals surface area contributed by atoms with Gasteiger partial charge in [-0.25, -0.2) is 0 Å². The monoisotopic (exact) mass is 198 g/mol. The topological polar surface area (TPSA) is 54.2 Å². The van der Waals surface area contributed by atoms with Gasteiger partial charge in [-0.1, -0.05) is 5.16 Å². The van der Waals surface area contributed by atoms with Crippen LogP contribution in [0.1, 0.15) is 12.2 Å². The quantitative estimate of drug-likeness (QED) is 0.632. The number of nitrogens with zero attached hydrogens (tertiary/aromatic N) is 3. The molecule has 0 aliphatic rings. The van der Waals surface area contributed by atoms with Crippen molar-refractivity contribution in [2.75, 3.05) is 33.7 Å². The van der Waals surface area contributed by atoms with Gasteiger partial charge < -0.3 is 14.7 Å². The Bertz CT molecular complexity index is 223. The van der Waals surface area contributed by atoms with Crippen LogP contribution in [0.5, 0.6) is 0 Å². The van der Waals surface area contributed by atoms with Gasteiger partial charge in [0.25, 0.3) is 0 Å². The maximum absolute atomic E-state index is 4.63. The summed E-state index contributed by atoms with van der Waals surface area (Å²) < 4.78 is 4.63. The molecule has 0 aliphatic heterocycles. The van der Waals surface area contributed by atoms with Crippen LogP contribution in [0.25, 0.3) is 0 Å². The highest BCUT2D eigenvalue weighted by Crippen LogP contribution is 1.88. The minimum absolute atomic E-state index is 0.769. The van der Waals surface area contributed by atoms with E-state index in [9.17, 15) is 0 Å². The average Bonchev–Trinajstić information content (AvgIpc) is 2.63. The molecule has 0 atom stereocenters. The van der Waals surface area contributed by atoms with Crippen molar-refractivity contribution >= 4 is 0 Å². The molecule has 0 radical (unpaired) electrons. The second-order valence-electron chi connectivity index (χ2n) is 3.50. The van der Waals surface area contributed by atoms with Crippen LogP contribution >= 0.6 is 0 Å². The van der Waals surface area contributed by atoms with Gasteiger partial charge in [-0.3, -0.25) is 0 Å². The summed E-state index contributed by atoms with van der Waals surface area (Å²) in [5.41, 5.74) is 0. The van der Waals surface area contributed by atoms with Crippen LogP contribution < -0.4 is 5.32 Å². The van der Waals surface area contributed by atoms with E-state index >= 15 is 0 Å². The number of aromatic nitrogens is 2. The lowest BCUT2D eigenvalue weighted by Gasteiger charge is -2.08. The van der Waals surface area contributed by atoms with Crippen LogP contribution in [0.4, 0.5) is 0 Å². The van der Waals surface area contributed by atoms with Gasteiger partial charge in [-0.15, -0.1) is 0 Å². The van der Waals surface area contributed by atoms with E-state index in [1.165, 1.54) is 12.8 Å². The summed E-state index contributed by atoms with van der Waals surface area (Å²) in [5.74, 6) is 0.769. The smallest absolute Gasteiger partial charge is 0.213 e. The van der Waals surface area contributed by atoms with E-state index in [-0.39, 0.29) is 0 Å². The zero-order valence-corrected chi connectivity index (χ0v) is 8.86. The maximum atomic E-state index is 4.63. The van der Waals surface area contributed by atoms with Crippen molar-refractivity contribution in [1.29, 1.82) is 0 Å². The van der Waals surface area contributed by atoms with Crippen molar-refractivity contribution in [2.45, 2.75) is 12.8 Å². The van der Waals surface area contributed by atoms with Crippen LogP contribution in [0.3, 0.4) is 0 Å². The molecule has 1 aromatic rings. The Morgan fingerprint density at radius 2 is 2.29 bits per heavy atom. The second-order valence-corrected chi connectivity index (χ2v) is 3.50. The molecule has 1 heterocycles. The van der Waals surface area contributed by atoms with E-state index in [2.05, 4.69) is 39.0 Å². The summed E-state index contributed by atoms with van der Waals surface area (Å²) in [7, 11) is 4.17. The first kappa shape index (κ1) is 11.1. The summed E-state index contributed by atoms with van der Waals surface area (Å²) in [5, 5.41) is 7.06. The maximum Gasteiger partial charge on any atom is 0.213 e. The minimum atomic E-state index is 0.769. The lowest BCUT2D eigenvalue weighted by molar-refractivity contribution is 0.393. The number of nitrogens with one attached hydrogen (secondary N) is 1. The zero-order chi connectivity index (χ0) is 10.2. The summed E-state index contributed by atoms with van der Waals surface area (Å²) in [6, 6.07) is 0. The Hall–Kier alpha value is -0.940. The van der Waals surface area contributed by atoms with E-state index in [1.54, 1.807) is 0 Å². The molecule has 0 fully saturated rings. The standard InChI is InChI=1S/C9H18N4O/c1-13(2)7-3-5-10-6-4-9-11-8-14-12-9/h8,10H,3-7H2,1-2H3. The van der Waals surface area contributed by atoms with Crippen LogP contribution in [0.2, 0.25) is 0 Å². The van der Waals surface area contributed by atoms with Gasteiger partial charge in [0, 0.05) is 13.0 Å². The second kappa shape index (κ2) is 6.50. The molecule has 5 heteroatoms. The van der Waals surface area contributed by atoms with Crippen molar-refractivity contribution in [2.24, 2.45) is 0 Å². The first-order valence-corrected chi connectivity index (χ1v) is 4.90. The van der Waals surface area contributed by atoms with Crippen LogP contribution in [-0.2, 0) is 6.42 Å². The number of rotatable bonds is 7. The van der Waals surface area contributed by atoms with Gasteiger partial charge in [-0.05, 0) is 33.6 Å². The molecular weight excluding hydrogens is 180 g/mol. The van der Waals surface area contributed by atoms with Crippen molar-refractivity contribution < 1.29 is 4.52 Å². The SMILES string of the molecule is CN(C)CCCNCCc1ncon1. The molecule has 0 aromatic carbocycles. The summed E-state index contributed by atoms with van der Waals surface area (Å²) >= 11 is 0. The van der Waals surface area contributed by atoms with Crippen molar-refractivity contribution in [3.63, 3.8) is 0 Å². The highest BCUT2D eigenvalue weighted by molar-refractivity contribution is 4.78. The third-order valence-electron chi connectivity index (χ3n) is 1.89. The van der Waals surface area contributed by atoms with Crippen LogP contribution in [0, 0.1) is 0 Å². The van der Waals surface area contributed by atoms with E-state index in [0.717, 1.165) is 31.9 Å². The highest BCUT2D eigenvalue weighted by atomic mass is 16.5. The predicted octanol–water partition coefficient (Wildman–Crippen LogP) is 0.153. The molecule has 1 N–H and O–H groups in total. The normalized spacial score (nSPS) is 11.1. The fourth-order valence-corrected chi connectivity index (χ4v) is 1.15. The molecule has 0 bridgehead atoms. The van der Waals surface area contributed by atoms with Gasteiger partial charge >= 0.3 is 0 Å². The van der Waals surface area contributed by atoms with Gasteiger partial charge in [0.15, 0.2) is 5.82 Å². The van der Waals surface area contributed by atoms with E-state index in [0.29, 0.717) is 0 Å². The summed E-state index contributed by atoms with van der Waals surface area (Å²) in [6.07, 6.45) is 3.36. The Kier molecular flexibility index (Phi) is 5.17. The van der Waals surface area contributed by atoms with Crippen LogP contribution in [-0.4, -0.2) is 48.8 Å². The molecule has 0 saturated carbocycles. The third-order valence-corrected chi connectivity index (χ3v) is 1.89. The van der Waals surface area contributed by atoms with Gasteiger partial charge in [0.2, 0.25) is 6.39 Å². The van der Waals surface area contributed by atoms with Crippen molar-refractivity contribution in [1.82, 2.24) is 20.4 Å². The first-order chi connectivity index (χ1) is 6.79. The molecule has 0 spiro atoms.